The summed E-state index contributed by atoms with van der Waals surface area (Å²) >= 11 is 1.94. The molecule has 1 N–H and O–H groups in total. The van der Waals surface area contributed by atoms with Crippen LogP contribution in [0.15, 0.2) is 0 Å². The van der Waals surface area contributed by atoms with Gasteiger partial charge in [-0.2, -0.15) is 0 Å². The lowest BCUT2D eigenvalue weighted by Crippen LogP contribution is -2.32. The number of aromatic nitrogens is 1. The van der Waals surface area contributed by atoms with Crippen LogP contribution in [0.1, 0.15) is 34.8 Å². The molecule has 0 unspecified atom stereocenters. The first-order valence-corrected chi connectivity index (χ1v) is 7.37. The van der Waals surface area contributed by atoms with Gasteiger partial charge in [-0.25, -0.2) is 4.98 Å². The predicted molar refractivity (Wildman–Crippen MR) is 69.8 cm³/mol. The molecule has 0 aromatic carbocycles. The van der Waals surface area contributed by atoms with Crippen molar-refractivity contribution in [2.75, 3.05) is 26.8 Å². The highest BCUT2D eigenvalue weighted by Crippen LogP contribution is 2.47. The largest absolute Gasteiger partial charge is 0.381 e. The van der Waals surface area contributed by atoms with Crippen molar-refractivity contribution in [1.82, 2.24) is 10.3 Å². The molecular weight excluding hydrogens is 232 g/mol. The van der Waals surface area contributed by atoms with Crippen LogP contribution in [0.5, 0.6) is 0 Å². The Bertz CT molecular complexity index is 396. The molecule has 1 aliphatic carbocycles. The predicted octanol–water partition coefficient (Wildman–Crippen LogP) is 1.90. The summed E-state index contributed by atoms with van der Waals surface area (Å²) in [7, 11) is 2.00. The van der Waals surface area contributed by atoms with Crippen molar-refractivity contribution in [3.8, 4) is 0 Å². The fraction of sp³-hybridized carbons (Fsp3) is 0.769. The lowest BCUT2D eigenvalue weighted by Gasteiger charge is -2.32. The minimum absolute atomic E-state index is 0.377. The van der Waals surface area contributed by atoms with Crippen LogP contribution in [-0.4, -0.2) is 31.8 Å². The van der Waals surface area contributed by atoms with Gasteiger partial charge >= 0.3 is 0 Å². The maximum Gasteiger partial charge on any atom is 0.0944 e. The minimum atomic E-state index is 0.377. The Balaban J connectivity index is 1.83. The van der Waals surface area contributed by atoms with Gasteiger partial charge in [-0.05, 0) is 32.7 Å². The summed E-state index contributed by atoms with van der Waals surface area (Å²) < 4.78 is 5.51. The molecule has 94 valence electrons. The number of hydrogen-bond acceptors (Lipinski definition) is 4. The summed E-state index contributed by atoms with van der Waals surface area (Å²) in [5, 5.41) is 4.51. The van der Waals surface area contributed by atoms with Crippen LogP contribution in [0.25, 0.3) is 0 Å². The Morgan fingerprint density at radius 3 is 2.94 bits per heavy atom. The zero-order valence-electron chi connectivity index (χ0n) is 10.4. The van der Waals surface area contributed by atoms with Crippen molar-refractivity contribution < 1.29 is 4.74 Å². The van der Waals surface area contributed by atoms with E-state index in [0.29, 0.717) is 5.41 Å². The van der Waals surface area contributed by atoms with Crippen LogP contribution in [0.4, 0.5) is 0 Å². The number of thiazole rings is 1. The van der Waals surface area contributed by atoms with Crippen molar-refractivity contribution in [1.29, 1.82) is 0 Å². The van der Waals surface area contributed by atoms with Crippen LogP contribution in [0.3, 0.4) is 0 Å². The van der Waals surface area contributed by atoms with Crippen LogP contribution in [0.2, 0.25) is 0 Å². The van der Waals surface area contributed by atoms with Crippen molar-refractivity contribution in [2.24, 2.45) is 0 Å². The second-order valence-electron chi connectivity index (χ2n) is 5.13. The SMILES string of the molecule is CNCCc1nc2c(s1)CCC21CCOCC1. The maximum absolute atomic E-state index is 5.51. The van der Waals surface area contributed by atoms with Gasteiger partial charge < -0.3 is 10.1 Å². The van der Waals surface area contributed by atoms with Crippen LogP contribution in [-0.2, 0) is 23.0 Å². The molecule has 2 aliphatic rings. The molecule has 0 amide bonds. The van der Waals surface area contributed by atoms with Gasteiger partial charge in [0.2, 0.25) is 0 Å². The first kappa shape index (κ1) is 11.6. The van der Waals surface area contributed by atoms with Gasteiger partial charge in [0.1, 0.15) is 0 Å². The molecule has 1 aliphatic heterocycles. The molecule has 1 saturated heterocycles. The molecular formula is C13H20N2OS. The molecule has 1 spiro atoms. The van der Waals surface area contributed by atoms with E-state index in [0.717, 1.165) is 26.2 Å². The van der Waals surface area contributed by atoms with E-state index < -0.39 is 0 Å². The molecule has 4 heteroatoms. The topological polar surface area (TPSA) is 34.2 Å². The highest BCUT2D eigenvalue weighted by molar-refractivity contribution is 7.11. The number of nitrogens with zero attached hydrogens (tertiary/aromatic N) is 1. The first-order chi connectivity index (χ1) is 8.34. The average Bonchev–Trinajstić information content (AvgIpc) is 2.90. The van der Waals surface area contributed by atoms with E-state index in [-0.39, 0.29) is 0 Å². The second-order valence-corrected chi connectivity index (χ2v) is 6.29. The van der Waals surface area contributed by atoms with E-state index in [1.165, 1.54) is 36.4 Å². The Morgan fingerprint density at radius 1 is 1.35 bits per heavy atom. The normalized spacial score (nSPS) is 21.9. The average molecular weight is 252 g/mol. The van der Waals surface area contributed by atoms with Crippen molar-refractivity contribution in [2.45, 2.75) is 37.5 Å². The number of ether oxygens (including phenoxy) is 1. The Labute approximate surface area is 107 Å². The summed E-state index contributed by atoms with van der Waals surface area (Å²) in [6.07, 6.45) is 5.97. The molecule has 17 heavy (non-hydrogen) atoms. The highest BCUT2D eigenvalue weighted by Gasteiger charge is 2.42. The van der Waals surface area contributed by atoms with Gasteiger partial charge in [0, 0.05) is 36.5 Å². The third-order valence-corrected chi connectivity index (χ3v) is 5.29. The van der Waals surface area contributed by atoms with Gasteiger partial charge in [-0.1, -0.05) is 0 Å². The summed E-state index contributed by atoms with van der Waals surface area (Å²) in [6.45, 7) is 2.87. The lowest BCUT2D eigenvalue weighted by molar-refractivity contribution is 0.0493. The van der Waals surface area contributed by atoms with Gasteiger partial charge in [-0.15, -0.1) is 11.3 Å². The maximum atomic E-state index is 5.51. The Kier molecular flexibility index (Phi) is 3.19. The molecule has 0 atom stereocenters. The number of likely N-dealkylation sites (N-methyl/N-ethyl adjacent to an activating group) is 1. The zero-order valence-corrected chi connectivity index (χ0v) is 11.2. The van der Waals surface area contributed by atoms with E-state index in [4.69, 9.17) is 9.72 Å². The molecule has 0 bridgehead atoms. The van der Waals surface area contributed by atoms with E-state index in [9.17, 15) is 0 Å². The molecule has 3 nitrogen and oxygen atoms in total. The smallest absolute Gasteiger partial charge is 0.0944 e. The quantitative estimate of drug-likeness (QED) is 0.892. The van der Waals surface area contributed by atoms with Gasteiger partial charge in [0.15, 0.2) is 0 Å². The molecule has 1 fully saturated rings. The summed E-state index contributed by atoms with van der Waals surface area (Å²) in [6, 6.07) is 0. The van der Waals surface area contributed by atoms with E-state index in [1.807, 2.05) is 18.4 Å². The van der Waals surface area contributed by atoms with Crippen LogP contribution >= 0.6 is 11.3 Å². The van der Waals surface area contributed by atoms with E-state index in [2.05, 4.69) is 5.32 Å². The second kappa shape index (κ2) is 4.67. The zero-order chi connectivity index (χ0) is 11.7. The van der Waals surface area contributed by atoms with Crippen LogP contribution in [0, 0.1) is 0 Å². The van der Waals surface area contributed by atoms with E-state index >= 15 is 0 Å². The minimum Gasteiger partial charge on any atom is -0.381 e. The molecule has 0 saturated carbocycles. The summed E-state index contributed by atoms with van der Waals surface area (Å²) in [4.78, 5) is 6.48. The third kappa shape index (κ3) is 2.02. The molecule has 0 radical (unpaired) electrons. The fourth-order valence-electron chi connectivity index (χ4n) is 3.04. The molecule has 1 aromatic rings. The number of aryl methyl sites for hydroxylation is 1. The number of fused-ring (bicyclic) bond motifs is 2. The van der Waals surface area contributed by atoms with Gasteiger partial charge in [0.25, 0.3) is 0 Å². The van der Waals surface area contributed by atoms with Gasteiger partial charge in [-0.3, -0.25) is 0 Å². The van der Waals surface area contributed by atoms with Crippen molar-refractivity contribution in [3.05, 3.63) is 15.6 Å². The number of hydrogen-bond donors (Lipinski definition) is 1. The van der Waals surface area contributed by atoms with Gasteiger partial charge in [0.05, 0.1) is 10.7 Å². The Hall–Kier alpha value is -0.450. The first-order valence-electron chi connectivity index (χ1n) is 6.55. The Morgan fingerprint density at radius 2 is 2.18 bits per heavy atom. The third-order valence-electron chi connectivity index (χ3n) is 4.11. The van der Waals surface area contributed by atoms with Crippen molar-refractivity contribution in [3.63, 3.8) is 0 Å². The molecule has 3 rings (SSSR count). The highest BCUT2D eigenvalue weighted by atomic mass is 32.1. The summed E-state index contributed by atoms with van der Waals surface area (Å²) in [5.74, 6) is 0. The molecule has 1 aromatic heterocycles. The molecule has 2 heterocycles. The monoisotopic (exact) mass is 252 g/mol. The summed E-state index contributed by atoms with van der Waals surface area (Å²) in [5.41, 5.74) is 1.80. The fourth-order valence-corrected chi connectivity index (χ4v) is 4.23. The van der Waals surface area contributed by atoms with E-state index in [1.54, 1.807) is 4.88 Å². The number of nitrogens with one attached hydrogen (secondary N) is 1. The standard InChI is InChI=1S/C13H20N2OS/c1-14-7-3-11-15-12-10(17-11)2-4-13(12)5-8-16-9-6-13/h14H,2-9H2,1H3. The number of rotatable bonds is 3. The lowest BCUT2D eigenvalue weighted by atomic mass is 9.78. The van der Waals surface area contributed by atoms with Crippen LogP contribution < -0.4 is 5.32 Å². The van der Waals surface area contributed by atoms with Crippen molar-refractivity contribution >= 4 is 11.3 Å².